The number of carbonyl (C=O) groups excluding carboxylic acids is 1. The van der Waals surface area contributed by atoms with Gasteiger partial charge >= 0.3 is 5.97 Å². The Bertz CT molecular complexity index is 707. The van der Waals surface area contributed by atoms with Crippen LogP contribution in [0, 0.1) is 11.3 Å². The van der Waals surface area contributed by atoms with Crippen molar-refractivity contribution in [3.63, 3.8) is 0 Å². The number of carboxylic acid groups (broad SMARTS) is 1. The molecule has 2 heterocycles. The molecule has 1 amide bonds. The lowest BCUT2D eigenvalue weighted by Crippen LogP contribution is -2.40. The Morgan fingerprint density at radius 3 is 2.41 bits per heavy atom. The molecule has 8 heteroatoms. The van der Waals surface area contributed by atoms with Crippen LogP contribution in [0.15, 0.2) is 16.3 Å². The Labute approximate surface area is 133 Å². The monoisotopic (exact) mass is 345 g/mol. The highest BCUT2D eigenvalue weighted by atomic mass is 32.2. The van der Waals surface area contributed by atoms with Crippen molar-refractivity contribution in [3.8, 4) is 0 Å². The van der Waals surface area contributed by atoms with Crippen LogP contribution < -0.4 is 0 Å². The number of carbonyl (C=O) groups is 2. The van der Waals surface area contributed by atoms with Crippen molar-refractivity contribution in [1.82, 2.24) is 4.90 Å². The Balaban J connectivity index is 2.22. The van der Waals surface area contributed by atoms with Gasteiger partial charge in [-0.05, 0) is 24.5 Å². The second-order valence-corrected chi connectivity index (χ2v) is 9.31. The van der Waals surface area contributed by atoms with E-state index in [0.29, 0.717) is 17.8 Å². The van der Waals surface area contributed by atoms with E-state index in [-0.39, 0.29) is 22.6 Å². The zero-order valence-corrected chi connectivity index (χ0v) is 14.3. The molecule has 22 heavy (non-hydrogen) atoms. The van der Waals surface area contributed by atoms with Crippen molar-refractivity contribution in [1.29, 1.82) is 0 Å². The summed E-state index contributed by atoms with van der Waals surface area (Å²) in [6, 6.07) is 2.90. The number of likely N-dealkylation sites (tertiary alicyclic amines) is 1. The van der Waals surface area contributed by atoms with Gasteiger partial charge in [-0.1, -0.05) is 13.8 Å². The van der Waals surface area contributed by atoms with Crippen molar-refractivity contribution in [2.45, 2.75) is 24.5 Å². The van der Waals surface area contributed by atoms with E-state index in [1.807, 2.05) is 13.8 Å². The predicted octanol–water partition coefficient (Wildman–Crippen LogP) is 1.72. The number of carboxylic acids is 1. The maximum absolute atomic E-state index is 12.5. The summed E-state index contributed by atoms with van der Waals surface area (Å²) in [5.41, 5.74) is -0.924. The van der Waals surface area contributed by atoms with Gasteiger partial charge in [-0.25, -0.2) is 8.42 Å². The normalized spacial score (nSPS) is 22.3. The molecular formula is C14H19NO5S2. The van der Waals surface area contributed by atoms with Gasteiger partial charge in [0.05, 0.1) is 10.3 Å². The first-order chi connectivity index (χ1) is 10.1. The van der Waals surface area contributed by atoms with Gasteiger partial charge in [0.15, 0.2) is 9.84 Å². The summed E-state index contributed by atoms with van der Waals surface area (Å²) in [6.07, 6.45) is 1.51. The fourth-order valence-electron chi connectivity index (χ4n) is 2.69. The van der Waals surface area contributed by atoms with E-state index in [1.165, 1.54) is 17.0 Å². The summed E-state index contributed by atoms with van der Waals surface area (Å²) in [5.74, 6) is -1.28. The number of aliphatic carboxylic acids is 1. The fourth-order valence-corrected chi connectivity index (χ4v) is 4.58. The molecule has 1 saturated heterocycles. The molecular weight excluding hydrogens is 326 g/mol. The highest BCUT2D eigenvalue weighted by molar-refractivity contribution is 7.92. The first-order valence-corrected chi connectivity index (χ1v) is 9.61. The number of hydrogen-bond donors (Lipinski definition) is 1. The molecule has 1 aliphatic heterocycles. The highest BCUT2D eigenvalue weighted by Gasteiger charge is 2.48. The number of thiophene rings is 1. The standard InChI is InChI=1S/C14H19NO5S2/c1-9(2)14(13(17)18)6-7-15(8-14)12(16)10-4-5-11(21-10)22(3,19)20/h4-5,9H,6-8H2,1-3H3,(H,17,18). The van der Waals surface area contributed by atoms with Crippen LogP contribution >= 0.6 is 11.3 Å². The lowest BCUT2D eigenvalue weighted by Gasteiger charge is -2.28. The largest absolute Gasteiger partial charge is 0.481 e. The van der Waals surface area contributed by atoms with E-state index in [9.17, 15) is 23.1 Å². The van der Waals surface area contributed by atoms with Crippen LogP contribution in [0.2, 0.25) is 0 Å². The van der Waals surface area contributed by atoms with Crippen molar-refractivity contribution in [2.75, 3.05) is 19.3 Å². The van der Waals surface area contributed by atoms with Gasteiger partial charge in [0.25, 0.3) is 5.91 Å². The smallest absolute Gasteiger partial charge is 0.311 e. The van der Waals surface area contributed by atoms with Crippen LogP contribution in [0.25, 0.3) is 0 Å². The Morgan fingerprint density at radius 2 is 2.00 bits per heavy atom. The second-order valence-electron chi connectivity index (χ2n) is 5.98. The minimum atomic E-state index is -3.34. The number of hydrogen-bond acceptors (Lipinski definition) is 5. The summed E-state index contributed by atoms with van der Waals surface area (Å²) in [6.45, 7) is 4.21. The molecule has 1 unspecified atom stereocenters. The summed E-state index contributed by atoms with van der Waals surface area (Å²) in [4.78, 5) is 25.9. The SMILES string of the molecule is CC(C)C1(C(=O)O)CCN(C(=O)c2ccc(S(C)(=O)=O)s2)C1. The van der Waals surface area contributed by atoms with Crippen molar-refractivity contribution in [3.05, 3.63) is 17.0 Å². The molecule has 0 spiro atoms. The van der Waals surface area contributed by atoms with Gasteiger partial charge in [-0.3, -0.25) is 9.59 Å². The molecule has 0 saturated carbocycles. The molecule has 1 fully saturated rings. The van der Waals surface area contributed by atoms with Gasteiger partial charge in [-0.2, -0.15) is 0 Å². The molecule has 1 N–H and O–H groups in total. The Kier molecular flexibility index (Phi) is 4.36. The molecule has 0 bridgehead atoms. The first kappa shape index (κ1) is 17.0. The van der Waals surface area contributed by atoms with Crippen LogP contribution in [0.5, 0.6) is 0 Å². The third-order valence-corrected chi connectivity index (χ3v) is 7.17. The van der Waals surface area contributed by atoms with Crippen LogP contribution in [-0.2, 0) is 14.6 Å². The molecule has 2 rings (SSSR count). The molecule has 0 aromatic carbocycles. The van der Waals surface area contributed by atoms with E-state index in [0.717, 1.165) is 17.6 Å². The van der Waals surface area contributed by atoms with Gasteiger partial charge in [0.2, 0.25) is 0 Å². The second kappa shape index (κ2) is 5.66. The van der Waals surface area contributed by atoms with Crippen molar-refractivity contribution in [2.24, 2.45) is 11.3 Å². The number of nitrogens with zero attached hydrogens (tertiary/aromatic N) is 1. The number of sulfone groups is 1. The van der Waals surface area contributed by atoms with Gasteiger partial charge in [0.1, 0.15) is 4.21 Å². The molecule has 1 aromatic rings. The van der Waals surface area contributed by atoms with Gasteiger partial charge in [-0.15, -0.1) is 11.3 Å². The average Bonchev–Trinajstić information content (AvgIpc) is 3.05. The van der Waals surface area contributed by atoms with E-state index < -0.39 is 21.2 Å². The van der Waals surface area contributed by atoms with Crippen molar-refractivity contribution < 1.29 is 23.1 Å². The third-order valence-electron chi connectivity index (χ3n) is 4.28. The van der Waals surface area contributed by atoms with Gasteiger partial charge < -0.3 is 10.0 Å². The third kappa shape index (κ3) is 2.89. The lowest BCUT2D eigenvalue weighted by atomic mass is 9.76. The minimum Gasteiger partial charge on any atom is -0.481 e. The molecule has 1 atom stereocenters. The lowest BCUT2D eigenvalue weighted by molar-refractivity contribution is -0.150. The Morgan fingerprint density at radius 1 is 1.36 bits per heavy atom. The molecule has 0 aliphatic carbocycles. The highest BCUT2D eigenvalue weighted by Crippen LogP contribution is 2.39. The van der Waals surface area contributed by atoms with Crippen LogP contribution in [0.3, 0.4) is 0 Å². The van der Waals surface area contributed by atoms with Crippen LogP contribution in [-0.4, -0.2) is 49.6 Å². The summed E-state index contributed by atoms with van der Waals surface area (Å²) < 4.78 is 23.1. The van der Waals surface area contributed by atoms with Crippen LogP contribution in [0.4, 0.5) is 0 Å². The first-order valence-electron chi connectivity index (χ1n) is 6.90. The summed E-state index contributed by atoms with van der Waals surface area (Å²) >= 11 is 0.925. The van der Waals surface area contributed by atoms with E-state index in [1.54, 1.807) is 0 Å². The maximum atomic E-state index is 12.5. The molecule has 122 valence electrons. The molecule has 1 aromatic heterocycles. The molecule has 0 radical (unpaired) electrons. The Hall–Kier alpha value is -1.41. The number of amides is 1. The minimum absolute atomic E-state index is 0.0854. The average molecular weight is 345 g/mol. The van der Waals surface area contributed by atoms with Gasteiger partial charge in [0, 0.05) is 19.3 Å². The fraction of sp³-hybridized carbons (Fsp3) is 0.571. The topological polar surface area (TPSA) is 91.8 Å². The predicted molar refractivity (Wildman–Crippen MR) is 82.9 cm³/mol. The summed E-state index contributed by atoms with van der Waals surface area (Å²) in [7, 11) is -3.34. The molecule has 1 aliphatic rings. The number of rotatable bonds is 4. The van der Waals surface area contributed by atoms with E-state index in [4.69, 9.17) is 0 Å². The van der Waals surface area contributed by atoms with Crippen molar-refractivity contribution >= 4 is 33.1 Å². The van der Waals surface area contributed by atoms with E-state index >= 15 is 0 Å². The zero-order chi connectivity index (χ0) is 16.7. The summed E-state index contributed by atoms with van der Waals surface area (Å²) in [5, 5.41) is 9.50. The molecule has 6 nitrogen and oxygen atoms in total. The van der Waals surface area contributed by atoms with E-state index in [2.05, 4.69) is 0 Å². The zero-order valence-electron chi connectivity index (χ0n) is 12.7. The maximum Gasteiger partial charge on any atom is 0.311 e. The van der Waals surface area contributed by atoms with Crippen LogP contribution in [0.1, 0.15) is 29.9 Å². The quantitative estimate of drug-likeness (QED) is 0.897.